The zero-order chi connectivity index (χ0) is 20.4. The molecule has 1 unspecified atom stereocenters. The van der Waals surface area contributed by atoms with Crippen molar-refractivity contribution < 1.29 is 18.8 Å². The number of aromatic nitrogens is 4. The fourth-order valence-electron chi connectivity index (χ4n) is 3.03. The molecule has 1 atom stereocenters. The first-order valence-electron chi connectivity index (χ1n) is 8.66. The number of rotatable bonds is 7. The Labute approximate surface area is 163 Å². The Bertz CT molecular complexity index is 1190. The first-order valence-corrected chi connectivity index (χ1v) is 8.66. The highest BCUT2D eigenvalue weighted by molar-refractivity contribution is 6.38. The number of hydrogen-bond acceptors (Lipinski definition) is 6. The maximum absolute atomic E-state index is 12.8. The molecule has 29 heavy (non-hydrogen) atoms. The number of primary amides is 1. The van der Waals surface area contributed by atoms with Gasteiger partial charge in [-0.05, 0) is 18.2 Å². The summed E-state index contributed by atoms with van der Waals surface area (Å²) >= 11 is 0. The molecule has 0 aliphatic heterocycles. The topological polar surface area (TPSA) is 149 Å². The van der Waals surface area contributed by atoms with Gasteiger partial charge in [0.25, 0.3) is 11.8 Å². The van der Waals surface area contributed by atoms with Gasteiger partial charge in [0.15, 0.2) is 0 Å². The van der Waals surface area contributed by atoms with Gasteiger partial charge >= 0.3 is 0 Å². The minimum absolute atomic E-state index is 0.0378. The Morgan fingerprint density at radius 1 is 1.28 bits per heavy atom. The molecule has 4 rings (SSSR count). The Balaban J connectivity index is 1.61. The number of fused-ring (bicyclic) bond motifs is 1. The van der Waals surface area contributed by atoms with E-state index in [4.69, 9.17) is 10.2 Å². The van der Waals surface area contributed by atoms with E-state index in [1.165, 1.54) is 23.4 Å². The summed E-state index contributed by atoms with van der Waals surface area (Å²) in [5.41, 5.74) is 6.52. The summed E-state index contributed by atoms with van der Waals surface area (Å²) in [6.07, 6.45) is 7.55. The lowest BCUT2D eigenvalue weighted by Gasteiger charge is -2.16. The van der Waals surface area contributed by atoms with Gasteiger partial charge in [-0.1, -0.05) is 6.07 Å². The van der Waals surface area contributed by atoms with Crippen LogP contribution in [0.1, 0.15) is 16.1 Å². The lowest BCUT2D eigenvalue weighted by atomic mass is 10.0. The van der Waals surface area contributed by atoms with Crippen LogP contribution in [-0.2, 0) is 16.0 Å². The van der Waals surface area contributed by atoms with Crippen molar-refractivity contribution in [3.05, 3.63) is 66.7 Å². The monoisotopic (exact) mass is 392 g/mol. The molecule has 0 spiro atoms. The van der Waals surface area contributed by atoms with Crippen LogP contribution in [-0.4, -0.2) is 43.2 Å². The number of aromatic amines is 1. The molecule has 10 heteroatoms. The molecule has 4 aromatic rings. The van der Waals surface area contributed by atoms with Crippen molar-refractivity contribution in [1.29, 1.82) is 0 Å². The summed E-state index contributed by atoms with van der Waals surface area (Å²) in [4.78, 5) is 47.8. The predicted molar refractivity (Wildman–Crippen MR) is 101 cm³/mol. The van der Waals surface area contributed by atoms with E-state index in [0.717, 1.165) is 5.39 Å². The molecule has 4 aromatic heterocycles. The predicted octanol–water partition coefficient (Wildman–Crippen LogP) is 0.737. The van der Waals surface area contributed by atoms with Crippen molar-refractivity contribution in [3.63, 3.8) is 0 Å². The molecule has 2 amide bonds. The third-order valence-electron chi connectivity index (χ3n) is 4.43. The average molecular weight is 392 g/mol. The quantitative estimate of drug-likeness (QED) is 0.395. The van der Waals surface area contributed by atoms with E-state index < -0.39 is 23.6 Å². The van der Waals surface area contributed by atoms with Gasteiger partial charge in [-0.25, -0.2) is 9.97 Å². The zero-order valence-electron chi connectivity index (χ0n) is 15.0. The standard InChI is InChI=1S/C19H16N6O4/c20-17(27)16(26)13(7-11-9-29-19-12(11)4-6-23-19)24-18(28)14-8-21-10-25(14)15-3-1-2-5-22-15/h1-6,8-10,13,23H,7H2,(H2,20,27)(H,24,28). The summed E-state index contributed by atoms with van der Waals surface area (Å²) in [5.74, 6) is -2.16. The van der Waals surface area contributed by atoms with E-state index in [1.54, 1.807) is 36.7 Å². The van der Waals surface area contributed by atoms with E-state index in [-0.39, 0.29) is 12.1 Å². The number of ketones is 1. The maximum Gasteiger partial charge on any atom is 0.287 e. The minimum atomic E-state index is -1.16. The number of furan rings is 1. The van der Waals surface area contributed by atoms with E-state index in [9.17, 15) is 14.4 Å². The molecule has 0 aliphatic rings. The van der Waals surface area contributed by atoms with Crippen LogP contribution in [0.4, 0.5) is 0 Å². The highest BCUT2D eigenvalue weighted by Gasteiger charge is 2.28. The number of nitrogens with two attached hydrogens (primary N) is 1. The van der Waals surface area contributed by atoms with Crippen molar-refractivity contribution in [2.75, 3.05) is 0 Å². The van der Waals surface area contributed by atoms with Crippen molar-refractivity contribution in [1.82, 2.24) is 24.8 Å². The first kappa shape index (κ1) is 18.2. The molecule has 4 N–H and O–H groups in total. The summed E-state index contributed by atoms with van der Waals surface area (Å²) < 4.78 is 6.84. The Morgan fingerprint density at radius 2 is 2.14 bits per heavy atom. The summed E-state index contributed by atoms with van der Waals surface area (Å²) in [6.45, 7) is 0. The molecular formula is C19H16N6O4. The van der Waals surface area contributed by atoms with Crippen LogP contribution < -0.4 is 11.1 Å². The maximum atomic E-state index is 12.8. The van der Waals surface area contributed by atoms with E-state index in [0.29, 0.717) is 17.1 Å². The minimum Gasteiger partial charge on any atom is -0.448 e. The van der Waals surface area contributed by atoms with Crippen LogP contribution in [0.5, 0.6) is 0 Å². The van der Waals surface area contributed by atoms with Gasteiger partial charge in [0.2, 0.25) is 11.5 Å². The number of pyridine rings is 1. The van der Waals surface area contributed by atoms with Gasteiger partial charge in [-0.2, -0.15) is 0 Å². The van der Waals surface area contributed by atoms with Gasteiger partial charge in [-0.3, -0.25) is 19.0 Å². The largest absolute Gasteiger partial charge is 0.448 e. The van der Waals surface area contributed by atoms with E-state index in [2.05, 4.69) is 20.3 Å². The zero-order valence-corrected chi connectivity index (χ0v) is 15.0. The highest BCUT2D eigenvalue weighted by atomic mass is 16.3. The van der Waals surface area contributed by atoms with Gasteiger partial charge < -0.3 is 20.5 Å². The highest BCUT2D eigenvalue weighted by Crippen LogP contribution is 2.21. The number of hydrogen-bond donors (Lipinski definition) is 3. The molecule has 0 bridgehead atoms. The van der Waals surface area contributed by atoms with Crippen LogP contribution >= 0.6 is 0 Å². The molecule has 0 radical (unpaired) electrons. The number of nitrogens with one attached hydrogen (secondary N) is 2. The third-order valence-corrected chi connectivity index (χ3v) is 4.43. The third kappa shape index (κ3) is 3.50. The van der Waals surface area contributed by atoms with Gasteiger partial charge in [0.1, 0.15) is 23.9 Å². The van der Waals surface area contributed by atoms with Gasteiger partial charge in [-0.15, -0.1) is 0 Å². The lowest BCUT2D eigenvalue weighted by Crippen LogP contribution is -2.47. The molecule has 0 saturated carbocycles. The number of amides is 2. The number of carbonyl (C=O) groups is 3. The summed E-state index contributed by atoms with van der Waals surface area (Å²) in [5, 5.41) is 3.33. The second kappa shape index (κ2) is 7.43. The number of H-pyrrole nitrogens is 1. The molecule has 0 fully saturated rings. The van der Waals surface area contributed by atoms with E-state index >= 15 is 0 Å². The molecule has 0 aliphatic carbocycles. The fraction of sp³-hybridized carbons (Fsp3) is 0.105. The van der Waals surface area contributed by atoms with Crippen molar-refractivity contribution in [2.45, 2.75) is 12.5 Å². The lowest BCUT2D eigenvalue weighted by molar-refractivity contribution is -0.137. The van der Waals surface area contributed by atoms with Gasteiger partial charge in [0, 0.05) is 29.8 Å². The molecule has 0 aromatic carbocycles. The van der Waals surface area contributed by atoms with Crippen LogP contribution in [0.2, 0.25) is 0 Å². The molecular weight excluding hydrogens is 376 g/mol. The van der Waals surface area contributed by atoms with Crippen molar-refractivity contribution in [3.8, 4) is 5.82 Å². The number of nitrogens with zero attached hydrogens (tertiary/aromatic N) is 3. The second-order valence-electron chi connectivity index (χ2n) is 6.28. The van der Waals surface area contributed by atoms with Crippen molar-refractivity contribution >= 4 is 28.7 Å². The molecule has 10 nitrogen and oxygen atoms in total. The van der Waals surface area contributed by atoms with Crippen LogP contribution in [0.3, 0.4) is 0 Å². The number of imidazole rings is 1. The smallest absolute Gasteiger partial charge is 0.287 e. The summed E-state index contributed by atoms with van der Waals surface area (Å²) in [6, 6.07) is 5.83. The number of Topliss-reactive ketones (excluding diaryl/α,β-unsaturated/α-hetero) is 1. The molecule has 146 valence electrons. The van der Waals surface area contributed by atoms with Crippen LogP contribution in [0, 0.1) is 0 Å². The normalized spacial score (nSPS) is 12.0. The van der Waals surface area contributed by atoms with Crippen LogP contribution in [0.15, 0.2) is 59.9 Å². The Kier molecular flexibility index (Phi) is 4.65. The molecule has 0 saturated heterocycles. The SMILES string of the molecule is NC(=O)C(=O)C(Cc1coc2[nH]ccc12)NC(=O)c1cncn1-c1ccccn1. The summed E-state index contributed by atoms with van der Waals surface area (Å²) in [7, 11) is 0. The van der Waals surface area contributed by atoms with Gasteiger partial charge in [0.05, 0.1) is 12.5 Å². The fourth-order valence-corrected chi connectivity index (χ4v) is 3.03. The average Bonchev–Trinajstić information content (AvgIpc) is 3.45. The second-order valence-corrected chi connectivity index (χ2v) is 6.28. The first-order chi connectivity index (χ1) is 14.0. The van der Waals surface area contributed by atoms with E-state index in [1.807, 2.05) is 0 Å². The Hall–Kier alpha value is -4.21. The van der Waals surface area contributed by atoms with Crippen molar-refractivity contribution in [2.24, 2.45) is 5.73 Å². The van der Waals surface area contributed by atoms with Crippen LogP contribution in [0.25, 0.3) is 16.9 Å². The number of carbonyl (C=O) groups excluding carboxylic acids is 3. The Morgan fingerprint density at radius 3 is 2.90 bits per heavy atom. The molecule has 4 heterocycles.